The Bertz CT molecular complexity index is 551. The summed E-state index contributed by atoms with van der Waals surface area (Å²) in [5, 5.41) is 0. The van der Waals surface area contributed by atoms with Gasteiger partial charge in [0.2, 0.25) is 5.91 Å². The minimum atomic E-state index is -0.425. The number of hydrogen-bond acceptors (Lipinski definition) is 4. The quantitative estimate of drug-likeness (QED) is 0.860. The van der Waals surface area contributed by atoms with Crippen LogP contribution in [-0.2, 0) is 21.0 Å². The average Bonchev–Trinajstić information content (AvgIpc) is 2.97. The van der Waals surface area contributed by atoms with Crippen molar-refractivity contribution < 1.29 is 14.4 Å². The SMILES string of the molecule is CC12CCC(=O)N1C(C(=O)NOCc1ccccc1)CS2. The largest absolute Gasteiger partial charge is 0.315 e. The summed E-state index contributed by atoms with van der Waals surface area (Å²) in [6, 6.07) is 9.20. The maximum Gasteiger partial charge on any atom is 0.267 e. The zero-order valence-electron chi connectivity index (χ0n) is 11.9. The maximum atomic E-state index is 12.2. The van der Waals surface area contributed by atoms with E-state index in [-0.39, 0.29) is 16.7 Å². The fourth-order valence-corrected chi connectivity index (χ4v) is 4.28. The van der Waals surface area contributed by atoms with E-state index in [4.69, 9.17) is 4.84 Å². The van der Waals surface area contributed by atoms with E-state index in [1.807, 2.05) is 37.3 Å². The first-order valence-corrected chi connectivity index (χ1v) is 8.00. The predicted molar refractivity (Wildman–Crippen MR) is 80.1 cm³/mol. The highest BCUT2D eigenvalue weighted by Gasteiger charge is 2.52. The molecular weight excluding hydrogens is 288 g/mol. The third-order valence-corrected chi connectivity index (χ3v) is 5.51. The number of rotatable bonds is 4. The summed E-state index contributed by atoms with van der Waals surface area (Å²) in [5.41, 5.74) is 3.46. The summed E-state index contributed by atoms with van der Waals surface area (Å²) in [5.74, 6) is 0.450. The zero-order valence-corrected chi connectivity index (χ0v) is 12.7. The molecule has 2 amide bonds. The minimum absolute atomic E-state index is 0.0608. The molecule has 1 aromatic carbocycles. The molecule has 2 unspecified atom stereocenters. The molecule has 2 atom stereocenters. The van der Waals surface area contributed by atoms with Crippen LogP contribution in [0, 0.1) is 0 Å². The lowest BCUT2D eigenvalue weighted by Gasteiger charge is -2.29. The van der Waals surface area contributed by atoms with Crippen molar-refractivity contribution in [2.45, 2.75) is 37.3 Å². The summed E-state index contributed by atoms with van der Waals surface area (Å²) in [6.07, 6.45) is 1.34. The Labute approximate surface area is 128 Å². The van der Waals surface area contributed by atoms with Crippen LogP contribution in [-0.4, -0.2) is 33.4 Å². The van der Waals surface area contributed by atoms with Gasteiger partial charge in [-0.2, -0.15) is 0 Å². The second-order valence-electron chi connectivity index (χ2n) is 5.51. The van der Waals surface area contributed by atoms with E-state index < -0.39 is 6.04 Å². The van der Waals surface area contributed by atoms with Gasteiger partial charge in [0.1, 0.15) is 6.04 Å². The molecule has 0 aliphatic carbocycles. The normalized spacial score (nSPS) is 27.8. The molecule has 2 saturated heterocycles. The van der Waals surface area contributed by atoms with E-state index >= 15 is 0 Å². The summed E-state index contributed by atoms with van der Waals surface area (Å²) < 4.78 is 0. The first-order chi connectivity index (χ1) is 10.1. The smallest absolute Gasteiger partial charge is 0.267 e. The summed E-state index contributed by atoms with van der Waals surface area (Å²) in [4.78, 5) is 30.9. The predicted octanol–water partition coefficient (Wildman–Crippen LogP) is 1.69. The highest BCUT2D eigenvalue weighted by atomic mass is 32.2. The van der Waals surface area contributed by atoms with Crippen molar-refractivity contribution in [3.63, 3.8) is 0 Å². The third-order valence-electron chi connectivity index (χ3n) is 4.00. The van der Waals surface area contributed by atoms with Crippen molar-refractivity contribution in [2.75, 3.05) is 5.75 Å². The molecule has 2 aliphatic rings. The van der Waals surface area contributed by atoms with Crippen molar-refractivity contribution in [3.8, 4) is 0 Å². The van der Waals surface area contributed by atoms with Crippen molar-refractivity contribution in [3.05, 3.63) is 35.9 Å². The lowest BCUT2D eigenvalue weighted by Crippen LogP contribution is -2.50. The number of nitrogens with one attached hydrogen (secondary N) is 1. The Morgan fingerprint density at radius 2 is 2.24 bits per heavy atom. The second kappa shape index (κ2) is 5.69. The molecule has 112 valence electrons. The minimum Gasteiger partial charge on any atom is -0.315 e. The first kappa shape index (κ1) is 14.4. The highest BCUT2D eigenvalue weighted by Crippen LogP contribution is 2.47. The fourth-order valence-electron chi connectivity index (χ4n) is 2.85. The molecule has 2 heterocycles. The molecule has 6 heteroatoms. The Kier molecular flexibility index (Phi) is 3.91. The molecule has 0 radical (unpaired) electrons. The summed E-state index contributed by atoms with van der Waals surface area (Å²) in [6.45, 7) is 2.35. The second-order valence-corrected chi connectivity index (χ2v) is 7.01. The van der Waals surface area contributed by atoms with Crippen LogP contribution in [0.3, 0.4) is 0 Å². The van der Waals surface area contributed by atoms with Crippen LogP contribution >= 0.6 is 11.8 Å². The topological polar surface area (TPSA) is 58.6 Å². The van der Waals surface area contributed by atoms with E-state index in [0.717, 1.165) is 12.0 Å². The van der Waals surface area contributed by atoms with Gasteiger partial charge >= 0.3 is 0 Å². The maximum absolute atomic E-state index is 12.2. The first-order valence-electron chi connectivity index (χ1n) is 7.02. The third kappa shape index (κ3) is 2.78. The van der Waals surface area contributed by atoms with Crippen molar-refractivity contribution >= 4 is 23.6 Å². The molecule has 0 aromatic heterocycles. The van der Waals surface area contributed by atoms with E-state index in [1.165, 1.54) is 0 Å². The number of amides is 2. The van der Waals surface area contributed by atoms with Gasteiger partial charge in [-0.1, -0.05) is 30.3 Å². The molecular formula is C15H18N2O3S. The number of nitrogens with zero attached hydrogens (tertiary/aromatic N) is 1. The Morgan fingerprint density at radius 1 is 1.48 bits per heavy atom. The molecule has 1 aromatic rings. The Balaban J connectivity index is 1.55. The van der Waals surface area contributed by atoms with Crippen molar-refractivity contribution in [1.29, 1.82) is 0 Å². The molecule has 0 spiro atoms. The number of thioether (sulfide) groups is 1. The van der Waals surface area contributed by atoms with Crippen LogP contribution < -0.4 is 5.48 Å². The lowest BCUT2D eigenvalue weighted by molar-refractivity contribution is -0.145. The molecule has 21 heavy (non-hydrogen) atoms. The number of carbonyl (C=O) groups is 2. The van der Waals surface area contributed by atoms with Crippen LogP contribution in [0.15, 0.2) is 30.3 Å². The van der Waals surface area contributed by atoms with Crippen molar-refractivity contribution in [1.82, 2.24) is 10.4 Å². The van der Waals surface area contributed by atoms with Gasteiger partial charge in [-0.15, -0.1) is 11.8 Å². The van der Waals surface area contributed by atoms with Crippen LogP contribution in [0.4, 0.5) is 0 Å². The van der Waals surface area contributed by atoms with E-state index in [2.05, 4.69) is 5.48 Å². The Hall–Kier alpha value is -1.53. The zero-order chi connectivity index (χ0) is 14.9. The number of carbonyl (C=O) groups excluding carboxylic acids is 2. The number of benzene rings is 1. The monoisotopic (exact) mass is 306 g/mol. The highest BCUT2D eigenvalue weighted by molar-refractivity contribution is 8.01. The standard InChI is InChI=1S/C15H18N2O3S/c1-15-8-7-13(18)17(15)12(10-21-15)14(19)16-20-9-11-5-3-2-4-6-11/h2-6,12H,7-10H2,1H3,(H,16,19). The van der Waals surface area contributed by atoms with Gasteiger partial charge in [0.25, 0.3) is 5.91 Å². The van der Waals surface area contributed by atoms with Crippen LogP contribution in [0.5, 0.6) is 0 Å². The molecule has 3 rings (SSSR count). The van der Waals surface area contributed by atoms with E-state index in [9.17, 15) is 9.59 Å². The number of fused-ring (bicyclic) bond motifs is 1. The van der Waals surface area contributed by atoms with Crippen LogP contribution in [0.25, 0.3) is 0 Å². The van der Waals surface area contributed by atoms with Gasteiger partial charge in [0, 0.05) is 12.2 Å². The van der Waals surface area contributed by atoms with Crippen molar-refractivity contribution in [2.24, 2.45) is 0 Å². The van der Waals surface area contributed by atoms with E-state index in [1.54, 1.807) is 16.7 Å². The molecule has 1 N–H and O–H groups in total. The number of hydroxylamine groups is 1. The molecule has 0 bridgehead atoms. The summed E-state index contributed by atoms with van der Waals surface area (Å²) >= 11 is 1.67. The van der Waals surface area contributed by atoms with Gasteiger partial charge in [-0.05, 0) is 18.9 Å². The molecule has 5 nitrogen and oxygen atoms in total. The van der Waals surface area contributed by atoms with Gasteiger partial charge < -0.3 is 4.90 Å². The fraction of sp³-hybridized carbons (Fsp3) is 0.467. The lowest BCUT2D eigenvalue weighted by atomic mass is 10.2. The molecule has 2 aliphatic heterocycles. The number of hydrogen-bond donors (Lipinski definition) is 1. The van der Waals surface area contributed by atoms with Crippen LogP contribution in [0.1, 0.15) is 25.3 Å². The summed E-state index contributed by atoms with van der Waals surface area (Å²) in [7, 11) is 0. The average molecular weight is 306 g/mol. The van der Waals surface area contributed by atoms with Gasteiger partial charge in [0.15, 0.2) is 0 Å². The van der Waals surface area contributed by atoms with Gasteiger partial charge in [0.05, 0.1) is 11.5 Å². The van der Waals surface area contributed by atoms with E-state index in [0.29, 0.717) is 18.8 Å². The van der Waals surface area contributed by atoms with Gasteiger partial charge in [-0.3, -0.25) is 14.4 Å². The molecule has 2 fully saturated rings. The Morgan fingerprint density at radius 3 is 3.00 bits per heavy atom. The molecule has 0 saturated carbocycles. The van der Waals surface area contributed by atoms with Gasteiger partial charge in [-0.25, -0.2) is 5.48 Å². The van der Waals surface area contributed by atoms with Crippen LogP contribution in [0.2, 0.25) is 0 Å².